The van der Waals surface area contributed by atoms with Crippen LogP contribution in [0.1, 0.15) is 43.0 Å². The minimum absolute atomic E-state index is 0. The second kappa shape index (κ2) is 8.44. The van der Waals surface area contributed by atoms with E-state index in [1.54, 1.807) is 4.90 Å². The number of nitrogens with zero attached hydrogens (tertiary/aromatic N) is 2. The van der Waals surface area contributed by atoms with Crippen molar-refractivity contribution in [1.29, 1.82) is 0 Å². The van der Waals surface area contributed by atoms with E-state index in [-0.39, 0.29) is 30.2 Å². The first-order valence-electron chi connectivity index (χ1n) is 10.5. The molecule has 1 aromatic heterocycles. The van der Waals surface area contributed by atoms with Crippen molar-refractivity contribution in [2.24, 2.45) is 0 Å². The Morgan fingerprint density at radius 1 is 1.18 bits per heavy atom. The van der Waals surface area contributed by atoms with Gasteiger partial charge in [0.25, 0.3) is 0 Å². The van der Waals surface area contributed by atoms with Crippen LogP contribution in [0.15, 0.2) is 42.5 Å². The Morgan fingerprint density at radius 2 is 1.91 bits per heavy atom. The van der Waals surface area contributed by atoms with E-state index in [1.165, 1.54) is 18.2 Å². The first kappa shape index (κ1) is 23.2. The van der Waals surface area contributed by atoms with Crippen molar-refractivity contribution in [3.8, 4) is 5.75 Å². The number of aromatic amines is 1. The molecule has 1 spiro atoms. The molecule has 2 heterocycles. The lowest BCUT2D eigenvalue weighted by Crippen LogP contribution is -2.38. The normalized spacial score (nSPS) is 23.0. The summed E-state index contributed by atoms with van der Waals surface area (Å²) in [5.74, 6) is 0.560. The van der Waals surface area contributed by atoms with E-state index >= 15 is 0 Å². The third kappa shape index (κ3) is 4.59. The summed E-state index contributed by atoms with van der Waals surface area (Å²) in [7, 11) is 0. The van der Waals surface area contributed by atoms with Gasteiger partial charge in [0.05, 0.1) is 23.3 Å². The molecule has 1 N–H and O–H groups in total. The molecule has 0 radical (unpaired) electrons. The topological polar surface area (TPSA) is 67.5 Å². The number of aryl methyl sites for hydroxylation is 1. The Labute approximate surface area is 194 Å². The fourth-order valence-electron chi connectivity index (χ4n) is 4.75. The van der Waals surface area contributed by atoms with Crippen molar-refractivity contribution >= 4 is 35.2 Å². The Morgan fingerprint density at radius 3 is 2.61 bits per heavy atom. The lowest BCUT2D eigenvalue weighted by Gasteiger charge is -2.34. The van der Waals surface area contributed by atoms with Gasteiger partial charge < -0.3 is 14.5 Å². The lowest BCUT2D eigenvalue weighted by atomic mass is 9.78. The molecule has 2 aliphatic rings. The van der Waals surface area contributed by atoms with Crippen LogP contribution < -0.4 is 9.64 Å². The minimum atomic E-state index is -4.74. The number of amides is 1. The zero-order valence-corrected chi connectivity index (χ0v) is 18.6. The third-order valence-electron chi connectivity index (χ3n) is 6.37. The average Bonchev–Trinajstić information content (AvgIpc) is 3.28. The molecular formula is C23H23ClF3N3O3. The van der Waals surface area contributed by atoms with E-state index in [4.69, 9.17) is 4.74 Å². The summed E-state index contributed by atoms with van der Waals surface area (Å²) >= 11 is 0. The number of carbonyl (C=O) groups excluding carboxylic acids is 1. The number of carbonyl (C=O) groups is 1. The number of ether oxygens (including phenoxy) is 2. The summed E-state index contributed by atoms with van der Waals surface area (Å²) in [4.78, 5) is 22.0. The highest BCUT2D eigenvalue weighted by Gasteiger charge is 2.48. The van der Waals surface area contributed by atoms with Crippen molar-refractivity contribution in [2.75, 3.05) is 11.4 Å². The summed E-state index contributed by atoms with van der Waals surface area (Å²) in [5.41, 5.74) is 2.46. The van der Waals surface area contributed by atoms with Gasteiger partial charge in [-0.15, -0.1) is 25.6 Å². The second-order valence-corrected chi connectivity index (χ2v) is 8.55. The minimum Gasteiger partial charge on any atom is -0.441 e. The summed E-state index contributed by atoms with van der Waals surface area (Å²) in [6.45, 7) is 2.49. The van der Waals surface area contributed by atoms with E-state index in [1.807, 2.05) is 31.2 Å². The molecule has 0 bridgehead atoms. The van der Waals surface area contributed by atoms with Gasteiger partial charge in [0.15, 0.2) is 0 Å². The number of alkyl halides is 3. The number of nitrogens with one attached hydrogen (secondary N) is 1. The van der Waals surface area contributed by atoms with Crippen LogP contribution in [0, 0.1) is 6.92 Å². The third-order valence-corrected chi connectivity index (χ3v) is 6.37. The van der Waals surface area contributed by atoms with Crippen LogP contribution in [0.25, 0.3) is 11.0 Å². The molecule has 10 heteroatoms. The predicted octanol–water partition coefficient (Wildman–Crippen LogP) is 6.24. The van der Waals surface area contributed by atoms with Crippen LogP contribution in [0.5, 0.6) is 5.75 Å². The molecule has 1 aliphatic heterocycles. The number of aromatic nitrogens is 2. The summed E-state index contributed by atoms with van der Waals surface area (Å²) in [6.07, 6.45) is -2.13. The molecule has 0 unspecified atom stereocenters. The number of H-pyrrole nitrogens is 1. The molecule has 5 rings (SSSR count). The maximum Gasteiger partial charge on any atom is 0.573 e. The molecule has 1 aliphatic carbocycles. The van der Waals surface area contributed by atoms with Gasteiger partial charge in [-0.25, -0.2) is 9.78 Å². The smallest absolute Gasteiger partial charge is 0.441 e. The highest BCUT2D eigenvalue weighted by Crippen LogP contribution is 2.44. The standard InChI is InChI=1S/C23H22F3N3O3.ClH/c1-14-4-2-3-5-19(14)29-13-22(32-21(29)30)10-8-15(9-11-22)20-27-17-7-6-16(12-18(17)28-20)31-23(24,25)26;/h2-7,12,15H,8-11,13H2,1H3,(H,27,28);1H/t15-,22-;. The van der Waals surface area contributed by atoms with Gasteiger partial charge in [-0.05, 0) is 56.4 Å². The summed E-state index contributed by atoms with van der Waals surface area (Å²) in [6, 6.07) is 11.8. The zero-order valence-electron chi connectivity index (χ0n) is 17.8. The molecule has 2 aromatic carbocycles. The number of fused-ring (bicyclic) bond motifs is 1. The maximum atomic E-state index is 12.6. The molecule has 1 saturated carbocycles. The van der Waals surface area contributed by atoms with E-state index in [0.717, 1.165) is 29.9 Å². The van der Waals surface area contributed by atoms with Gasteiger partial charge in [-0.1, -0.05) is 18.2 Å². The second-order valence-electron chi connectivity index (χ2n) is 8.55. The van der Waals surface area contributed by atoms with E-state index < -0.39 is 12.0 Å². The van der Waals surface area contributed by atoms with Crippen molar-refractivity contribution in [3.63, 3.8) is 0 Å². The number of anilines is 1. The monoisotopic (exact) mass is 481 g/mol. The highest BCUT2D eigenvalue weighted by atomic mass is 35.5. The van der Waals surface area contributed by atoms with Crippen LogP contribution in [0.3, 0.4) is 0 Å². The molecule has 2 fully saturated rings. The fourth-order valence-corrected chi connectivity index (χ4v) is 4.75. The number of para-hydroxylation sites is 1. The number of rotatable bonds is 3. The molecule has 1 amide bonds. The first-order valence-corrected chi connectivity index (χ1v) is 10.5. The van der Waals surface area contributed by atoms with Gasteiger partial charge in [-0.3, -0.25) is 4.90 Å². The number of halogens is 4. The highest BCUT2D eigenvalue weighted by molar-refractivity contribution is 5.91. The molecule has 0 atom stereocenters. The van der Waals surface area contributed by atoms with E-state index in [0.29, 0.717) is 30.4 Å². The SMILES string of the molecule is Cc1ccccc1N1C[C@]2(CC[C@@H](c3nc4cc(OC(F)(F)F)ccc4[nH]3)CC2)OC1=O.Cl. The lowest BCUT2D eigenvalue weighted by molar-refractivity contribution is -0.274. The van der Waals surface area contributed by atoms with Gasteiger partial charge >= 0.3 is 12.5 Å². The Balaban J connectivity index is 0.00000259. The maximum absolute atomic E-state index is 12.6. The van der Waals surface area contributed by atoms with Crippen LogP contribution >= 0.6 is 12.4 Å². The molecule has 176 valence electrons. The summed E-state index contributed by atoms with van der Waals surface area (Å²) < 4.78 is 47.3. The predicted molar refractivity (Wildman–Crippen MR) is 119 cm³/mol. The Kier molecular flexibility index (Phi) is 5.94. The summed E-state index contributed by atoms with van der Waals surface area (Å²) in [5, 5.41) is 0. The van der Waals surface area contributed by atoms with Crippen LogP contribution in [-0.2, 0) is 4.74 Å². The average molecular weight is 482 g/mol. The van der Waals surface area contributed by atoms with Crippen molar-refractivity contribution < 1.29 is 27.4 Å². The number of hydrogen-bond donors (Lipinski definition) is 1. The number of imidazole rings is 1. The Bertz CT molecular complexity index is 1170. The van der Waals surface area contributed by atoms with Gasteiger partial charge in [-0.2, -0.15) is 0 Å². The van der Waals surface area contributed by atoms with E-state index in [2.05, 4.69) is 14.7 Å². The van der Waals surface area contributed by atoms with E-state index in [9.17, 15) is 18.0 Å². The number of benzene rings is 2. The largest absolute Gasteiger partial charge is 0.573 e. The quantitative estimate of drug-likeness (QED) is 0.480. The van der Waals surface area contributed by atoms with Gasteiger partial charge in [0, 0.05) is 12.0 Å². The molecule has 3 aromatic rings. The molecule has 33 heavy (non-hydrogen) atoms. The molecule has 1 saturated heterocycles. The first-order chi connectivity index (χ1) is 15.2. The zero-order chi connectivity index (χ0) is 22.5. The van der Waals surface area contributed by atoms with Crippen LogP contribution in [-0.4, -0.2) is 34.6 Å². The van der Waals surface area contributed by atoms with Crippen molar-refractivity contribution in [3.05, 3.63) is 53.9 Å². The Hall–Kier alpha value is -2.94. The number of hydrogen-bond acceptors (Lipinski definition) is 4. The molecule has 6 nitrogen and oxygen atoms in total. The van der Waals surface area contributed by atoms with Crippen molar-refractivity contribution in [1.82, 2.24) is 9.97 Å². The van der Waals surface area contributed by atoms with Gasteiger partial charge in [0.1, 0.15) is 17.2 Å². The van der Waals surface area contributed by atoms with Crippen LogP contribution in [0.4, 0.5) is 23.7 Å². The van der Waals surface area contributed by atoms with Gasteiger partial charge in [0.2, 0.25) is 0 Å². The van der Waals surface area contributed by atoms with Crippen molar-refractivity contribution in [2.45, 2.75) is 50.5 Å². The fraction of sp³-hybridized carbons (Fsp3) is 0.391. The van der Waals surface area contributed by atoms with Crippen LogP contribution in [0.2, 0.25) is 0 Å². The molecular weight excluding hydrogens is 459 g/mol.